The Kier molecular flexibility index (Phi) is 3.57. The predicted molar refractivity (Wildman–Crippen MR) is 43.5 cm³/mol. The van der Waals surface area contributed by atoms with Crippen molar-refractivity contribution in [3.63, 3.8) is 0 Å². The largest absolute Gasteiger partial charge is 0.352 e. The third kappa shape index (κ3) is 3.02. The number of hydrogen-bond acceptors (Lipinski definition) is 0. The van der Waals surface area contributed by atoms with E-state index in [2.05, 4.69) is 5.73 Å². The second-order valence-corrected chi connectivity index (χ2v) is 3.26. The van der Waals surface area contributed by atoms with Gasteiger partial charge >= 0.3 is 0 Å². The summed E-state index contributed by atoms with van der Waals surface area (Å²) in [7, 11) is 0. The van der Waals surface area contributed by atoms with E-state index < -0.39 is 0 Å². The molecule has 64 valence electrons. The van der Waals surface area contributed by atoms with Gasteiger partial charge in [0.15, 0.2) is 5.83 Å². The zero-order valence-electron chi connectivity index (χ0n) is 6.98. The molecule has 0 unspecified atom stereocenters. The third-order valence-electron chi connectivity index (χ3n) is 2.31. The fourth-order valence-corrected chi connectivity index (χ4v) is 1.64. The fourth-order valence-electron chi connectivity index (χ4n) is 1.64. The summed E-state index contributed by atoms with van der Waals surface area (Å²) in [6.45, 7) is 0.316. The van der Waals surface area contributed by atoms with Crippen LogP contribution in [0.4, 0.5) is 4.39 Å². The van der Waals surface area contributed by atoms with Crippen molar-refractivity contribution in [3.05, 3.63) is 11.9 Å². The van der Waals surface area contributed by atoms with Gasteiger partial charge in [-0.2, -0.15) is 0 Å². The first kappa shape index (κ1) is 8.72. The molecule has 2 heteroatoms. The molecule has 0 aromatic heterocycles. The molecule has 1 nitrogen and oxygen atoms in total. The molecule has 0 saturated heterocycles. The maximum atomic E-state index is 12.7. The zero-order valence-corrected chi connectivity index (χ0v) is 6.98. The van der Waals surface area contributed by atoms with E-state index in [1.807, 2.05) is 0 Å². The molecule has 3 N–H and O–H groups in total. The van der Waals surface area contributed by atoms with Crippen molar-refractivity contribution in [1.29, 1.82) is 0 Å². The molecule has 0 heterocycles. The molecule has 1 rings (SSSR count). The van der Waals surface area contributed by atoms with Crippen LogP contribution in [-0.2, 0) is 0 Å². The summed E-state index contributed by atoms with van der Waals surface area (Å²) in [4.78, 5) is 0. The van der Waals surface area contributed by atoms with Crippen LogP contribution in [0.25, 0.3) is 0 Å². The van der Waals surface area contributed by atoms with E-state index in [0.29, 0.717) is 12.5 Å². The SMILES string of the molecule is [NH3+]C/C(F)=C/C1CCCCC1. The summed E-state index contributed by atoms with van der Waals surface area (Å²) >= 11 is 0. The van der Waals surface area contributed by atoms with E-state index in [9.17, 15) is 4.39 Å². The van der Waals surface area contributed by atoms with Crippen LogP contribution in [0.1, 0.15) is 32.1 Å². The van der Waals surface area contributed by atoms with E-state index >= 15 is 0 Å². The highest BCUT2D eigenvalue weighted by Gasteiger charge is 2.11. The van der Waals surface area contributed by atoms with Crippen LogP contribution in [0, 0.1) is 5.92 Å². The van der Waals surface area contributed by atoms with E-state index in [1.165, 1.54) is 32.1 Å². The molecule has 11 heavy (non-hydrogen) atoms. The second-order valence-electron chi connectivity index (χ2n) is 3.26. The Bertz CT molecular complexity index is 136. The minimum Gasteiger partial charge on any atom is -0.352 e. The molecule has 0 spiro atoms. The van der Waals surface area contributed by atoms with Crippen LogP contribution in [-0.4, -0.2) is 6.54 Å². The van der Waals surface area contributed by atoms with Gasteiger partial charge in [-0.05, 0) is 24.8 Å². The van der Waals surface area contributed by atoms with E-state index in [1.54, 1.807) is 6.08 Å². The number of rotatable bonds is 2. The highest BCUT2D eigenvalue weighted by atomic mass is 19.1. The van der Waals surface area contributed by atoms with Gasteiger partial charge in [-0.3, -0.25) is 0 Å². The number of halogens is 1. The monoisotopic (exact) mass is 158 g/mol. The Hall–Kier alpha value is -0.370. The summed E-state index contributed by atoms with van der Waals surface area (Å²) in [5.74, 6) is 0.474. The molecule has 1 aliphatic rings. The van der Waals surface area contributed by atoms with Gasteiger partial charge in [0, 0.05) is 0 Å². The Labute approximate surface area is 67.5 Å². The van der Waals surface area contributed by atoms with Crippen LogP contribution in [0.5, 0.6) is 0 Å². The van der Waals surface area contributed by atoms with Crippen molar-refractivity contribution in [1.82, 2.24) is 0 Å². The van der Waals surface area contributed by atoms with Crippen molar-refractivity contribution >= 4 is 0 Å². The molecule has 1 saturated carbocycles. The van der Waals surface area contributed by atoms with Crippen LogP contribution in [0.2, 0.25) is 0 Å². The second kappa shape index (κ2) is 4.50. The zero-order chi connectivity index (χ0) is 8.10. The maximum Gasteiger partial charge on any atom is 0.150 e. The van der Waals surface area contributed by atoms with Gasteiger partial charge in [0.1, 0.15) is 6.54 Å². The van der Waals surface area contributed by atoms with Gasteiger partial charge in [0.25, 0.3) is 0 Å². The molecule has 0 aromatic carbocycles. The summed E-state index contributed by atoms with van der Waals surface area (Å²) in [6.07, 6.45) is 7.99. The van der Waals surface area contributed by atoms with Gasteiger partial charge < -0.3 is 5.73 Å². The lowest BCUT2D eigenvalue weighted by Crippen LogP contribution is -2.50. The van der Waals surface area contributed by atoms with E-state index in [0.717, 1.165) is 0 Å². The first-order chi connectivity index (χ1) is 5.33. The van der Waals surface area contributed by atoms with Crippen molar-refractivity contribution in [2.45, 2.75) is 32.1 Å². The van der Waals surface area contributed by atoms with Gasteiger partial charge in [0.05, 0.1) is 0 Å². The topological polar surface area (TPSA) is 27.6 Å². The highest BCUT2D eigenvalue weighted by Crippen LogP contribution is 2.25. The van der Waals surface area contributed by atoms with Crippen LogP contribution < -0.4 is 5.73 Å². The van der Waals surface area contributed by atoms with Gasteiger partial charge in [-0.15, -0.1) is 0 Å². The number of hydrogen-bond donors (Lipinski definition) is 1. The molecule has 0 amide bonds. The normalized spacial score (nSPS) is 22.2. The molecule has 0 atom stereocenters. The fraction of sp³-hybridized carbons (Fsp3) is 0.778. The summed E-state index contributed by atoms with van der Waals surface area (Å²) in [5, 5.41) is 0. The molecule has 1 aliphatic carbocycles. The average molecular weight is 158 g/mol. The maximum absolute atomic E-state index is 12.7. The minimum atomic E-state index is -0.0306. The first-order valence-electron chi connectivity index (χ1n) is 4.48. The van der Waals surface area contributed by atoms with Crippen molar-refractivity contribution < 1.29 is 10.1 Å². The van der Waals surface area contributed by atoms with Crippen molar-refractivity contribution in [2.24, 2.45) is 5.92 Å². The van der Waals surface area contributed by atoms with Gasteiger partial charge in [-0.1, -0.05) is 19.3 Å². The molecule has 1 fully saturated rings. The van der Waals surface area contributed by atoms with E-state index in [-0.39, 0.29) is 5.83 Å². The lowest BCUT2D eigenvalue weighted by molar-refractivity contribution is -0.359. The Morgan fingerprint density at radius 1 is 1.36 bits per heavy atom. The Morgan fingerprint density at radius 2 is 2.00 bits per heavy atom. The standard InChI is InChI=1S/C9H16FN/c10-9(7-11)6-8-4-2-1-3-5-8/h6,8H,1-5,7,11H2/p+1/b9-6-. The molecule has 0 aromatic rings. The Morgan fingerprint density at radius 3 is 2.55 bits per heavy atom. The van der Waals surface area contributed by atoms with Gasteiger partial charge in [0.2, 0.25) is 0 Å². The number of quaternary nitrogens is 1. The van der Waals surface area contributed by atoms with Crippen molar-refractivity contribution in [3.8, 4) is 0 Å². The lowest BCUT2D eigenvalue weighted by Gasteiger charge is -2.17. The van der Waals surface area contributed by atoms with Crippen LogP contribution in [0.15, 0.2) is 11.9 Å². The quantitative estimate of drug-likeness (QED) is 0.633. The minimum absolute atomic E-state index is 0.0306. The van der Waals surface area contributed by atoms with Gasteiger partial charge in [-0.25, -0.2) is 4.39 Å². The van der Waals surface area contributed by atoms with Crippen molar-refractivity contribution in [2.75, 3.05) is 6.54 Å². The highest BCUT2D eigenvalue weighted by molar-refractivity contribution is 4.96. The molecule has 0 bridgehead atoms. The lowest BCUT2D eigenvalue weighted by atomic mass is 9.89. The Balaban J connectivity index is 2.34. The van der Waals surface area contributed by atoms with Crippen LogP contribution in [0.3, 0.4) is 0 Å². The molecule has 0 aliphatic heterocycles. The average Bonchev–Trinajstić information content (AvgIpc) is 2.06. The van der Waals surface area contributed by atoms with Crippen LogP contribution >= 0.6 is 0 Å². The smallest absolute Gasteiger partial charge is 0.150 e. The molecular formula is C9H17FN+. The predicted octanol–water partition coefficient (Wildman–Crippen LogP) is 1.66. The first-order valence-corrected chi connectivity index (χ1v) is 4.48. The summed E-state index contributed by atoms with van der Waals surface area (Å²) < 4.78 is 12.7. The van der Waals surface area contributed by atoms with E-state index in [4.69, 9.17) is 0 Å². The molecular weight excluding hydrogens is 141 g/mol. The summed E-state index contributed by atoms with van der Waals surface area (Å²) in [6, 6.07) is 0. The molecule has 0 radical (unpaired) electrons. The third-order valence-corrected chi connectivity index (χ3v) is 2.31. The summed E-state index contributed by atoms with van der Waals surface area (Å²) in [5.41, 5.74) is 3.51. The number of allylic oxidation sites excluding steroid dienone is 1.